The van der Waals surface area contributed by atoms with Crippen molar-refractivity contribution in [1.29, 1.82) is 0 Å². The summed E-state index contributed by atoms with van der Waals surface area (Å²) in [5, 5.41) is 0. The molecule has 0 aromatic carbocycles. The molecule has 0 radical (unpaired) electrons. The van der Waals surface area contributed by atoms with Crippen LogP contribution in [0, 0.1) is 0 Å². The maximum atomic E-state index is 12.7. The molecular weight excluding hydrogens is 709 g/mol. The molecule has 0 saturated carbocycles. The molecule has 0 N–H and O–H groups in total. The molecule has 0 aromatic heterocycles. The van der Waals surface area contributed by atoms with Gasteiger partial charge < -0.3 is 14.2 Å². The number of unbranched alkanes of at least 4 members (excludes halogenated alkanes) is 24. The zero-order valence-electron chi connectivity index (χ0n) is 37.6. The Kier molecular flexibility index (Phi) is 43.9. The first kappa shape index (κ1) is 54.4. The smallest absolute Gasteiger partial charge is 0.306 e. The average Bonchev–Trinajstić information content (AvgIpc) is 3.21. The van der Waals surface area contributed by atoms with E-state index in [0.29, 0.717) is 25.7 Å². The lowest BCUT2D eigenvalue weighted by atomic mass is 10.0. The Morgan fingerprint density at radius 3 is 1.19 bits per heavy atom. The van der Waals surface area contributed by atoms with E-state index < -0.39 is 6.10 Å². The van der Waals surface area contributed by atoms with Crippen LogP contribution in [-0.4, -0.2) is 37.2 Å². The quantitative estimate of drug-likeness (QED) is 0.0265. The highest BCUT2D eigenvalue weighted by Gasteiger charge is 2.19. The van der Waals surface area contributed by atoms with Crippen LogP contribution in [0.3, 0.4) is 0 Å². The highest BCUT2D eigenvalue weighted by Crippen LogP contribution is 2.15. The van der Waals surface area contributed by atoms with Crippen molar-refractivity contribution in [2.24, 2.45) is 0 Å². The molecule has 0 spiro atoms. The van der Waals surface area contributed by atoms with E-state index in [4.69, 9.17) is 14.2 Å². The van der Waals surface area contributed by atoms with Gasteiger partial charge >= 0.3 is 17.9 Å². The molecule has 6 heteroatoms. The normalized spacial score (nSPS) is 12.4. The van der Waals surface area contributed by atoms with Gasteiger partial charge in [-0.2, -0.15) is 0 Å². The number of rotatable bonds is 43. The molecule has 0 heterocycles. The van der Waals surface area contributed by atoms with E-state index in [2.05, 4.69) is 69.4 Å². The largest absolute Gasteiger partial charge is 0.462 e. The first-order valence-electron chi connectivity index (χ1n) is 24.1. The van der Waals surface area contributed by atoms with Gasteiger partial charge in [-0.05, 0) is 70.6 Å². The van der Waals surface area contributed by atoms with Gasteiger partial charge in [0.1, 0.15) is 13.2 Å². The second-order valence-electron chi connectivity index (χ2n) is 16.0. The van der Waals surface area contributed by atoms with Gasteiger partial charge in [-0.15, -0.1) is 0 Å². The zero-order valence-corrected chi connectivity index (χ0v) is 37.6. The van der Waals surface area contributed by atoms with Crippen LogP contribution >= 0.6 is 0 Å². The van der Waals surface area contributed by atoms with Crippen molar-refractivity contribution < 1.29 is 28.6 Å². The summed E-state index contributed by atoms with van der Waals surface area (Å²) in [4.78, 5) is 37.7. The van der Waals surface area contributed by atoms with Gasteiger partial charge in [0, 0.05) is 19.3 Å². The van der Waals surface area contributed by atoms with Crippen molar-refractivity contribution >= 4 is 17.9 Å². The Bertz CT molecular complexity index is 1010. The van der Waals surface area contributed by atoms with Crippen molar-refractivity contribution in [3.8, 4) is 0 Å². The Hall–Kier alpha value is -2.63. The minimum atomic E-state index is -0.799. The molecule has 330 valence electrons. The number of esters is 3. The highest BCUT2D eigenvalue weighted by atomic mass is 16.6. The van der Waals surface area contributed by atoms with Crippen LogP contribution in [0.15, 0.2) is 48.6 Å². The fourth-order valence-electron chi connectivity index (χ4n) is 6.70. The maximum absolute atomic E-state index is 12.7. The summed E-state index contributed by atoms with van der Waals surface area (Å²) < 4.78 is 16.6. The number of hydrogen-bond acceptors (Lipinski definition) is 6. The highest BCUT2D eigenvalue weighted by molar-refractivity contribution is 5.71. The Morgan fingerprint density at radius 2 is 0.702 bits per heavy atom. The van der Waals surface area contributed by atoms with Gasteiger partial charge in [-0.3, -0.25) is 14.4 Å². The lowest BCUT2D eigenvalue weighted by Gasteiger charge is -2.18. The minimum absolute atomic E-state index is 0.0951. The molecule has 0 aliphatic rings. The third kappa shape index (κ3) is 44.3. The van der Waals surface area contributed by atoms with Crippen LogP contribution < -0.4 is 0 Å². The monoisotopic (exact) mass is 799 g/mol. The predicted molar refractivity (Wildman–Crippen MR) is 242 cm³/mol. The summed E-state index contributed by atoms with van der Waals surface area (Å²) in [5.74, 6) is -0.970. The van der Waals surface area contributed by atoms with Gasteiger partial charge in [0.25, 0.3) is 0 Å². The Labute approximate surface area is 352 Å². The standard InChI is InChI=1S/C51H90O6/c1-4-7-10-13-16-19-21-23-24-25-26-27-28-30-32-35-38-41-44-50(53)56-47-48(46-55-49(52)43-40-37-34-31-18-15-12-9-6-3)57-51(54)45-42-39-36-33-29-22-20-17-14-11-8-5-2/h8,11,17,20,29,31,33-34,48H,4-7,9-10,12-16,18-19,21-28,30,32,35-47H2,1-3H3/b11-8-,20-17-,33-29-,34-31-. The zero-order chi connectivity index (χ0) is 41.5. The van der Waals surface area contributed by atoms with Crippen molar-refractivity contribution in [3.05, 3.63) is 48.6 Å². The molecule has 0 rings (SSSR count). The molecular formula is C51H90O6. The topological polar surface area (TPSA) is 78.9 Å². The Balaban J connectivity index is 4.33. The summed E-state index contributed by atoms with van der Waals surface area (Å²) in [6, 6.07) is 0. The van der Waals surface area contributed by atoms with Crippen LogP contribution in [0.2, 0.25) is 0 Å². The van der Waals surface area contributed by atoms with E-state index in [1.807, 2.05) is 0 Å². The van der Waals surface area contributed by atoms with Crippen molar-refractivity contribution in [2.75, 3.05) is 13.2 Å². The van der Waals surface area contributed by atoms with E-state index in [9.17, 15) is 14.4 Å². The van der Waals surface area contributed by atoms with Crippen molar-refractivity contribution in [2.45, 2.75) is 245 Å². The summed E-state index contributed by atoms with van der Waals surface area (Å²) in [6.07, 6.45) is 54.0. The number of carbonyl (C=O) groups is 3. The lowest BCUT2D eigenvalue weighted by Crippen LogP contribution is -2.30. The fourth-order valence-corrected chi connectivity index (χ4v) is 6.70. The Morgan fingerprint density at radius 1 is 0.368 bits per heavy atom. The lowest BCUT2D eigenvalue weighted by molar-refractivity contribution is -0.167. The van der Waals surface area contributed by atoms with E-state index >= 15 is 0 Å². The van der Waals surface area contributed by atoms with E-state index in [0.717, 1.165) is 64.2 Å². The molecule has 0 saturated heterocycles. The third-order valence-corrected chi connectivity index (χ3v) is 10.3. The number of hydrogen-bond donors (Lipinski definition) is 0. The van der Waals surface area contributed by atoms with Crippen molar-refractivity contribution in [3.63, 3.8) is 0 Å². The molecule has 0 bridgehead atoms. The molecule has 6 nitrogen and oxygen atoms in total. The van der Waals surface area contributed by atoms with Gasteiger partial charge in [-0.1, -0.05) is 198 Å². The first-order valence-corrected chi connectivity index (χ1v) is 24.1. The fraction of sp³-hybridized carbons (Fsp3) is 0.784. The maximum Gasteiger partial charge on any atom is 0.306 e. The molecule has 1 unspecified atom stereocenters. The molecule has 0 aliphatic heterocycles. The van der Waals surface area contributed by atoms with Crippen LogP contribution in [0.1, 0.15) is 239 Å². The predicted octanol–water partition coefficient (Wildman–Crippen LogP) is 15.5. The number of ether oxygens (including phenoxy) is 3. The van der Waals surface area contributed by atoms with E-state index in [1.165, 1.54) is 122 Å². The SMILES string of the molecule is CC/C=C\C/C=C\C/C=C\CCCCC(=O)OC(COC(=O)CCC/C=C\CCCCCC)COC(=O)CCCCCCCCCCCCCCCCCCCC. The second kappa shape index (κ2) is 46.1. The van der Waals surface area contributed by atoms with E-state index in [-0.39, 0.29) is 37.5 Å². The second-order valence-corrected chi connectivity index (χ2v) is 16.0. The molecule has 1 atom stereocenters. The van der Waals surface area contributed by atoms with Crippen LogP contribution in [0.25, 0.3) is 0 Å². The van der Waals surface area contributed by atoms with Gasteiger partial charge in [-0.25, -0.2) is 0 Å². The van der Waals surface area contributed by atoms with Crippen LogP contribution in [-0.2, 0) is 28.6 Å². The number of carbonyl (C=O) groups excluding carboxylic acids is 3. The summed E-state index contributed by atoms with van der Waals surface area (Å²) >= 11 is 0. The molecule has 0 aromatic rings. The summed E-state index contributed by atoms with van der Waals surface area (Å²) in [6.45, 7) is 6.43. The molecule has 0 amide bonds. The molecule has 0 fully saturated rings. The van der Waals surface area contributed by atoms with E-state index in [1.54, 1.807) is 0 Å². The van der Waals surface area contributed by atoms with Gasteiger partial charge in [0.2, 0.25) is 0 Å². The summed E-state index contributed by atoms with van der Waals surface area (Å²) in [7, 11) is 0. The molecule has 0 aliphatic carbocycles. The van der Waals surface area contributed by atoms with Gasteiger partial charge in [0.05, 0.1) is 0 Å². The van der Waals surface area contributed by atoms with Crippen LogP contribution in [0.5, 0.6) is 0 Å². The first-order chi connectivity index (χ1) is 28.0. The third-order valence-electron chi connectivity index (χ3n) is 10.3. The minimum Gasteiger partial charge on any atom is -0.462 e. The average molecular weight is 799 g/mol. The van der Waals surface area contributed by atoms with Crippen LogP contribution in [0.4, 0.5) is 0 Å². The van der Waals surface area contributed by atoms with Gasteiger partial charge in [0.15, 0.2) is 6.10 Å². The summed E-state index contributed by atoms with van der Waals surface area (Å²) in [5.41, 5.74) is 0. The van der Waals surface area contributed by atoms with Crippen molar-refractivity contribution in [1.82, 2.24) is 0 Å². The number of allylic oxidation sites excluding steroid dienone is 8. The molecule has 57 heavy (non-hydrogen) atoms.